The van der Waals surface area contributed by atoms with Crippen LogP contribution in [0.15, 0.2) is 36.8 Å². The molecule has 1 aromatic heterocycles. The van der Waals surface area contributed by atoms with Crippen LogP contribution in [0.5, 0.6) is 5.75 Å². The fraction of sp³-hybridized carbons (Fsp3) is 0.500. The van der Waals surface area contributed by atoms with Crippen LogP contribution in [0.3, 0.4) is 0 Å². The van der Waals surface area contributed by atoms with E-state index in [0.29, 0.717) is 23.4 Å². The lowest BCUT2D eigenvalue weighted by Gasteiger charge is -2.51. The quantitative estimate of drug-likeness (QED) is 0.821. The fourth-order valence-corrected chi connectivity index (χ4v) is 5.58. The third-order valence-electron chi connectivity index (χ3n) is 6.92. The van der Waals surface area contributed by atoms with E-state index in [1.807, 2.05) is 13.0 Å². The maximum absolute atomic E-state index is 13.5. The van der Waals surface area contributed by atoms with Crippen LogP contribution in [-0.2, 0) is 0 Å². The molecule has 0 unspecified atom stereocenters. The van der Waals surface area contributed by atoms with Gasteiger partial charge in [-0.2, -0.15) is 0 Å². The van der Waals surface area contributed by atoms with Gasteiger partial charge in [0, 0.05) is 24.7 Å². The van der Waals surface area contributed by atoms with Crippen molar-refractivity contribution in [2.24, 2.45) is 5.92 Å². The Morgan fingerprint density at radius 3 is 2.79 bits per heavy atom. The van der Waals surface area contributed by atoms with Crippen LogP contribution < -0.4 is 4.74 Å². The molecule has 6 heteroatoms. The van der Waals surface area contributed by atoms with Crippen molar-refractivity contribution in [3.63, 3.8) is 0 Å². The van der Waals surface area contributed by atoms with E-state index < -0.39 is 0 Å². The van der Waals surface area contributed by atoms with Gasteiger partial charge < -0.3 is 9.64 Å². The monoisotopic (exact) mass is 378 g/mol. The van der Waals surface area contributed by atoms with E-state index in [-0.39, 0.29) is 11.9 Å². The van der Waals surface area contributed by atoms with Crippen molar-refractivity contribution < 1.29 is 9.53 Å². The van der Waals surface area contributed by atoms with Crippen molar-refractivity contribution in [3.8, 4) is 5.75 Å². The minimum absolute atomic E-state index is 0.0762. The predicted molar refractivity (Wildman–Crippen MR) is 105 cm³/mol. The second kappa shape index (κ2) is 6.85. The summed E-state index contributed by atoms with van der Waals surface area (Å²) in [5.74, 6) is 1.84. The molecular formula is C22H26N4O2. The molecule has 3 atom stereocenters. The molecule has 28 heavy (non-hydrogen) atoms. The number of nitrogens with zero attached hydrogens (tertiary/aromatic N) is 4. The number of ether oxygens (including phenoxy) is 1. The maximum Gasteiger partial charge on any atom is 0.257 e. The van der Waals surface area contributed by atoms with Gasteiger partial charge in [0.25, 0.3) is 5.91 Å². The van der Waals surface area contributed by atoms with Crippen molar-refractivity contribution >= 4 is 5.91 Å². The number of carbonyl (C=O) groups excluding carboxylic acids is 1. The van der Waals surface area contributed by atoms with Crippen LogP contribution >= 0.6 is 0 Å². The van der Waals surface area contributed by atoms with Crippen LogP contribution in [0.4, 0.5) is 0 Å². The molecule has 1 amide bonds. The molecule has 0 saturated carbocycles. The minimum Gasteiger partial charge on any atom is -0.497 e. The van der Waals surface area contributed by atoms with E-state index in [4.69, 9.17) is 4.74 Å². The zero-order valence-corrected chi connectivity index (χ0v) is 16.4. The molecule has 2 aromatic rings. The summed E-state index contributed by atoms with van der Waals surface area (Å²) in [7, 11) is 1.71. The zero-order chi connectivity index (χ0) is 19.3. The van der Waals surface area contributed by atoms with Crippen LogP contribution in [0.2, 0.25) is 0 Å². The predicted octanol–water partition coefficient (Wildman–Crippen LogP) is 2.50. The van der Waals surface area contributed by atoms with Gasteiger partial charge in [0.05, 0.1) is 24.4 Å². The summed E-state index contributed by atoms with van der Waals surface area (Å²) in [6, 6.07) is 9.00. The van der Waals surface area contributed by atoms with Gasteiger partial charge in [-0.15, -0.1) is 0 Å². The number of rotatable bonds is 3. The Morgan fingerprint density at radius 1 is 1.21 bits per heavy atom. The second-order valence-electron chi connectivity index (χ2n) is 8.22. The first-order chi connectivity index (χ1) is 13.7. The third kappa shape index (κ3) is 2.70. The summed E-state index contributed by atoms with van der Waals surface area (Å²) in [6.07, 6.45) is 5.53. The highest BCUT2D eigenvalue weighted by molar-refractivity contribution is 5.95. The molecule has 146 valence electrons. The van der Waals surface area contributed by atoms with Crippen molar-refractivity contribution in [1.29, 1.82) is 0 Å². The number of carbonyl (C=O) groups is 1. The number of amides is 1. The average Bonchev–Trinajstić information content (AvgIpc) is 3.17. The molecule has 5 heterocycles. The number of aryl methyl sites for hydroxylation is 1. The third-order valence-corrected chi connectivity index (χ3v) is 6.92. The highest BCUT2D eigenvalue weighted by Gasteiger charge is 2.54. The van der Waals surface area contributed by atoms with Crippen molar-refractivity contribution in [1.82, 2.24) is 19.8 Å². The van der Waals surface area contributed by atoms with E-state index >= 15 is 0 Å². The highest BCUT2D eigenvalue weighted by Crippen LogP contribution is 2.47. The summed E-state index contributed by atoms with van der Waals surface area (Å²) in [4.78, 5) is 26.6. The SMILES string of the molecule is COc1cccc([C@H]2CN(C(=O)c3cncnc3C)[C@H]3C4CCN(CC4)[C@@H]23)c1. The topological polar surface area (TPSA) is 58.6 Å². The Labute approximate surface area is 165 Å². The first kappa shape index (κ1) is 17.6. The molecule has 2 bridgehead atoms. The Morgan fingerprint density at radius 2 is 2.04 bits per heavy atom. The largest absolute Gasteiger partial charge is 0.497 e. The number of methoxy groups -OCH3 is 1. The van der Waals surface area contributed by atoms with E-state index in [9.17, 15) is 4.79 Å². The number of piperidine rings is 3. The van der Waals surface area contributed by atoms with Crippen molar-refractivity contribution in [3.05, 3.63) is 53.6 Å². The van der Waals surface area contributed by atoms with Crippen molar-refractivity contribution in [2.75, 3.05) is 26.7 Å². The van der Waals surface area contributed by atoms with E-state index in [2.05, 4.69) is 38.0 Å². The van der Waals surface area contributed by atoms with Crippen LogP contribution in [-0.4, -0.2) is 64.5 Å². The van der Waals surface area contributed by atoms with Gasteiger partial charge in [-0.3, -0.25) is 9.69 Å². The number of hydrogen-bond donors (Lipinski definition) is 0. The molecule has 0 radical (unpaired) electrons. The van der Waals surface area contributed by atoms with Gasteiger partial charge in [0.1, 0.15) is 12.1 Å². The maximum atomic E-state index is 13.5. The van der Waals surface area contributed by atoms with Gasteiger partial charge in [0.15, 0.2) is 0 Å². The molecule has 4 fully saturated rings. The number of benzene rings is 1. The van der Waals surface area contributed by atoms with Gasteiger partial charge in [-0.05, 0) is 56.5 Å². The van der Waals surface area contributed by atoms with Gasteiger partial charge in [-0.25, -0.2) is 9.97 Å². The summed E-state index contributed by atoms with van der Waals surface area (Å²) < 4.78 is 5.46. The van der Waals surface area contributed by atoms with Crippen LogP contribution in [0.1, 0.15) is 40.4 Å². The summed E-state index contributed by atoms with van der Waals surface area (Å²) in [5.41, 5.74) is 2.64. The molecule has 4 aliphatic rings. The lowest BCUT2D eigenvalue weighted by molar-refractivity contribution is -0.00346. The number of fused-ring (bicyclic) bond motifs is 2. The first-order valence-electron chi connectivity index (χ1n) is 10.1. The molecule has 0 aliphatic carbocycles. The molecule has 6 nitrogen and oxygen atoms in total. The number of hydrogen-bond acceptors (Lipinski definition) is 5. The Kier molecular flexibility index (Phi) is 4.31. The van der Waals surface area contributed by atoms with Crippen LogP contribution in [0, 0.1) is 12.8 Å². The van der Waals surface area contributed by atoms with Gasteiger partial charge in [0.2, 0.25) is 0 Å². The van der Waals surface area contributed by atoms with Gasteiger partial charge in [-0.1, -0.05) is 12.1 Å². The van der Waals surface area contributed by atoms with E-state index in [0.717, 1.165) is 31.1 Å². The molecule has 4 aliphatic heterocycles. The highest BCUT2D eigenvalue weighted by atomic mass is 16.5. The normalized spacial score (nSPS) is 30.9. The lowest BCUT2D eigenvalue weighted by atomic mass is 9.75. The second-order valence-corrected chi connectivity index (χ2v) is 8.22. The standard InChI is InChI=1S/C22H26N4O2/c1-14-18(11-23-13-24-14)22(27)26-12-19(16-4-3-5-17(10-16)28-2)21-20(26)15-6-8-25(21)9-7-15/h3-5,10-11,13,15,19-21H,6-9,12H2,1-2H3/t19-,20+,21+/m1/s1. The molecular weight excluding hydrogens is 352 g/mol. The smallest absolute Gasteiger partial charge is 0.257 e. The molecule has 6 rings (SSSR count). The average molecular weight is 378 g/mol. The Balaban J connectivity index is 1.54. The van der Waals surface area contributed by atoms with E-state index in [1.54, 1.807) is 13.3 Å². The zero-order valence-electron chi connectivity index (χ0n) is 16.4. The molecule has 0 spiro atoms. The summed E-state index contributed by atoms with van der Waals surface area (Å²) >= 11 is 0. The Bertz CT molecular complexity index is 894. The minimum atomic E-state index is 0.0762. The molecule has 1 aromatic carbocycles. The number of aromatic nitrogens is 2. The first-order valence-corrected chi connectivity index (χ1v) is 10.1. The lowest BCUT2D eigenvalue weighted by Crippen LogP contribution is -2.60. The Hall–Kier alpha value is -2.47. The number of likely N-dealkylation sites (tertiary alicyclic amines) is 1. The molecule has 0 N–H and O–H groups in total. The molecule has 4 saturated heterocycles. The fourth-order valence-electron chi connectivity index (χ4n) is 5.58. The van der Waals surface area contributed by atoms with Crippen LogP contribution in [0.25, 0.3) is 0 Å². The summed E-state index contributed by atoms with van der Waals surface area (Å²) in [6.45, 7) is 4.91. The van der Waals surface area contributed by atoms with E-state index in [1.165, 1.54) is 24.7 Å². The summed E-state index contributed by atoms with van der Waals surface area (Å²) in [5, 5.41) is 0. The van der Waals surface area contributed by atoms with Crippen molar-refractivity contribution in [2.45, 2.75) is 37.8 Å². The van der Waals surface area contributed by atoms with Gasteiger partial charge >= 0.3 is 0 Å².